The molecule has 5 heteroatoms. The van der Waals surface area contributed by atoms with Crippen molar-refractivity contribution in [3.05, 3.63) is 83.0 Å². The van der Waals surface area contributed by atoms with Gasteiger partial charge in [0.1, 0.15) is 0 Å². The Morgan fingerprint density at radius 3 is 2.38 bits per heavy atom. The second-order valence-corrected chi connectivity index (χ2v) is 8.86. The third-order valence-corrected chi connectivity index (χ3v) is 5.60. The SMILES string of the molecule is CC(C)(C)c1ccc(C2(C(=O)NCc3nc(Cc4ccccc4)no3)CC2)cc1. The number of nitrogens with one attached hydrogen (secondary N) is 1. The lowest BCUT2D eigenvalue weighted by atomic mass is 9.85. The topological polar surface area (TPSA) is 68.0 Å². The lowest BCUT2D eigenvalue weighted by Gasteiger charge is -2.21. The molecule has 1 aromatic heterocycles. The Morgan fingerprint density at radius 1 is 1.07 bits per heavy atom. The highest BCUT2D eigenvalue weighted by Crippen LogP contribution is 2.48. The van der Waals surface area contributed by atoms with Crippen molar-refractivity contribution < 1.29 is 9.32 Å². The fourth-order valence-corrected chi connectivity index (χ4v) is 3.60. The molecule has 1 amide bonds. The van der Waals surface area contributed by atoms with E-state index in [4.69, 9.17) is 4.52 Å². The van der Waals surface area contributed by atoms with Gasteiger partial charge in [0.25, 0.3) is 0 Å². The summed E-state index contributed by atoms with van der Waals surface area (Å²) in [6.45, 7) is 6.83. The number of amides is 1. The maximum absolute atomic E-state index is 12.9. The van der Waals surface area contributed by atoms with Crippen LogP contribution < -0.4 is 5.32 Å². The summed E-state index contributed by atoms with van der Waals surface area (Å²) in [7, 11) is 0. The summed E-state index contributed by atoms with van der Waals surface area (Å²) < 4.78 is 5.30. The molecule has 2 aromatic carbocycles. The molecular weight excluding hydrogens is 362 g/mol. The molecule has 1 saturated carbocycles. The number of carbonyl (C=O) groups is 1. The van der Waals surface area contributed by atoms with E-state index in [1.165, 1.54) is 5.56 Å². The second kappa shape index (κ2) is 7.47. The lowest BCUT2D eigenvalue weighted by molar-refractivity contribution is -0.123. The maximum atomic E-state index is 12.9. The van der Waals surface area contributed by atoms with Crippen LogP contribution in [0.15, 0.2) is 59.1 Å². The zero-order valence-corrected chi connectivity index (χ0v) is 17.2. The van der Waals surface area contributed by atoms with Gasteiger partial charge in [-0.05, 0) is 34.9 Å². The molecule has 0 radical (unpaired) electrons. The average Bonchev–Trinajstić information content (AvgIpc) is 3.41. The number of nitrogens with zero attached hydrogens (tertiary/aromatic N) is 2. The van der Waals surface area contributed by atoms with Crippen molar-refractivity contribution in [2.24, 2.45) is 0 Å². The van der Waals surface area contributed by atoms with Crippen molar-refractivity contribution in [3.63, 3.8) is 0 Å². The van der Waals surface area contributed by atoms with Crippen LogP contribution in [0.3, 0.4) is 0 Å². The van der Waals surface area contributed by atoms with E-state index >= 15 is 0 Å². The van der Waals surface area contributed by atoms with Crippen LogP contribution >= 0.6 is 0 Å². The van der Waals surface area contributed by atoms with E-state index in [1.54, 1.807) is 0 Å². The molecule has 4 rings (SSSR count). The van der Waals surface area contributed by atoms with Crippen molar-refractivity contribution in [2.45, 2.75) is 57.4 Å². The van der Waals surface area contributed by atoms with Gasteiger partial charge in [-0.3, -0.25) is 4.79 Å². The largest absolute Gasteiger partial charge is 0.346 e. The Hall–Kier alpha value is -2.95. The van der Waals surface area contributed by atoms with Crippen LogP contribution in [-0.2, 0) is 28.6 Å². The molecule has 29 heavy (non-hydrogen) atoms. The third-order valence-electron chi connectivity index (χ3n) is 5.60. The Kier molecular flexibility index (Phi) is 4.99. The van der Waals surface area contributed by atoms with Crippen LogP contribution in [0.25, 0.3) is 0 Å². The predicted octanol–water partition coefficient (Wildman–Crippen LogP) is 4.31. The molecule has 0 saturated heterocycles. The van der Waals surface area contributed by atoms with Crippen LogP contribution in [0.2, 0.25) is 0 Å². The summed E-state index contributed by atoms with van der Waals surface area (Å²) in [6.07, 6.45) is 2.36. The van der Waals surface area contributed by atoms with Crippen molar-refractivity contribution in [1.82, 2.24) is 15.5 Å². The molecule has 0 bridgehead atoms. The van der Waals surface area contributed by atoms with Gasteiger partial charge in [0.2, 0.25) is 11.8 Å². The molecule has 0 atom stereocenters. The number of hydrogen-bond acceptors (Lipinski definition) is 4. The smallest absolute Gasteiger partial charge is 0.246 e. The van der Waals surface area contributed by atoms with Gasteiger partial charge in [0.15, 0.2) is 5.82 Å². The van der Waals surface area contributed by atoms with Gasteiger partial charge in [-0.1, -0.05) is 80.5 Å². The first-order valence-corrected chi connectivity index (χ1v) is 10.1. The van der Waals surface area contributed by atoms with E-state index in [1.807, 2.05) is 30.3 Å². The number of aromatic nitrogens is 2. The summed E-state index contributed by atoms with van der Waals surface area (Å²) in [6, 6.07) is 18.5. The quantitative estimate of drug-likeness (QED) is 0.682. The highest BCUT2D eigenvalue weighted by atomic mass is 16.5. The van der Waals surface area contributed by atoms with Gasteiger partial charge in [-0.2, -0.15) is 4.98 Å². The van der Waals surface area contributed by atoms with Crippen molar-refractivity contribution in [2.75, 3.05) is 0 Å². The third kappa shape index (κ3) is 4.24. The minimum atomic E-state index is -0.413. The van der Waals surface area contributed by atoms with E-state index in [0.29, 0.717) is 18.1 Å². The fraction of sp³-hybridized carbons (Fsp3) is 0.375. The molecule has 0 unspecified atom stereocenters. The van der Waals surface area contributed by atoms with Crippen molar-refractivity contribution >= 4 is 5.91 Å². The summed E-state index contributed by atoms with van der Waals surface area (Å²) in [4.78, 5) is 17.3. The molecule has 1 aliphatic rings. The Morgan fingerprint density at radius 2 is 1.76 bits per heavy atom. The Labute approximate surface area is 171 Å². The van der Waals surface area contributed by atoms with E-state index < -0.39 is 5.41 Å². The minimum Gasteiger partial charge on any atom is -0.346 e. The molecule has 1 N–H and O–H groups in total. The van der Waals surface area contributed by atoms with Gasteiger partial charge in [0.05, 0.1) is 12.0 Å². The molecule has 1 fully saturated rings. The van der Waals surface area contributed by atoms with Crippen molar-refractivity contribution in [1.29, 1.82) is 0 Å². The lowest BCUT2D eigenvalue weighted by Crippen LogP contribution is -2.34. The highest BCUT2D eigenvalue weighted by molar-refractivity contribution is 5.91. The number of rotatable bonds is 6. The standard InChI is InChI=1S/C24H27N3O2/c1-23(2,3)18-9-11-19(12-10-18)24(13-14-24)22(28)25-16-21-26-20(27-29-21)15-17-7-5-4-6-8-17/h4-12H,13-16H2,1-3H3,(H,25,28). The van der Waals surface area contributed by atoms with Crippen LogP contribution in [0.5, 0.6) is 0 Å². The van der Waals surface area contributed by atoms with E-state index in [2.05, 4.69) is 60.5 Å². The maximum Gasteiger partial charge on any atom is 0.246 e. The normalized spacial score (nSPS) is 15.1. The first-order valence-electron chi connectivity index (χ1n) is 10.1. The number of hydrogen-bond donors (Lipinski definition) is 1. The first kappa shape index (κ1) is 19.4. The van der Waals surface area contributed by atoms with Gasteiger partial charge in [-0.15, -0.1) is 0 Å². The van der Waals surface area contributed by atoms with E-state index in [9.17, 15) is 4.79 Å². The number of carbonyl (C=O) groups excluding carboxylic acids is 1. The van der Waals surface area contributed by atoms with E-state index in [0.717, 1.165) is 24.0 Å². The van der Waals surface area contributed by atoms with Gasteiger partial charge in [0, 0.05) is 6.42 Å². The molecule has 1 aliphatic carbocycles. The predicted molar refractivity (Wildman–Crippen MR) is 111 cm³/mol. The van der Waals surface area contributed by atoms with Crippen LogP contribution in [0.1, 0.15) is 62.0 Å². The zero-order chi connectivity index (χ0) is 20.5. The second-order valence-electron chi connectivity index (χ2n) is 8.86. The minimum absolute atomic E-state index is 0.0313. The Balaban J connectivity index is 1.37. The zero-order valence-electron chi connectivity index (χ0n) is 17.2. The first-order chi connectivity index (χ1) is 13.9. The Bertz CT molecular complexity index is 981. The van der Waals surface area contributed by atoms with Gasteiger partial charge >= 0.3 is 0 Å². The fourth-order valence-electron chi connectivity index (χ4n) is 3.60. The van der Waals surface area contributed by atoms with Crippen LogP contribution in [0.4, 0.5) is 0 Å². The molecular formula is C24H27N3O2. The molecule has 150 valence electrons. The monoisotopic (exact) mass is 389 g/mol. The summed E-state index contributed by atoms with van der Waals surface area (Å²) in [5, 5.41) is 7.01. The molecule has 0 spiro atoms. The van der Waals surface area contributed by atoms with E-state index in [-0.39, 0.29) is 17.9 Å². The van der Waals surface area contributed by atoms with Crippen LogP contribution in [0, 0.1) is 0 Å². The average molecular weight is 389 g/mol. The summed E-state index contributed by atoms with van der Waals surface area (Å²) >= 11 is 0. The highest BCUT2D eigenvalue weighted by Gasteiger charge is 2.51. The summed E-state index contributed by atoms with van der Waals surface area (Å²) in [5.74, 6) is 1.09. The molecule has 0 aliphatic heterocycles. The summed E-state index contributed by atoms with van der Waals surface area (Å²) in [5.41, 5.74) is 3.17. The molecule has 3 aromatic rings. The van der Waals surface area contributed by atoms with Crippen molar-refractivity contribution in [3.8, 4) is 0 Å². The van der Waals surface area contributed by atoms with Gasteiger partial charge in [-0.25, -0.2) is 0 Å². The molecule has 5 nitrogen and oxygen atoms in total. The number of benzene rings is 2. The van der Waals surface area contributed by atoms with Gasteiger partial charge < -0.3 is 9.84 Å². The van der Waals surface area contributed by atoms with Crippen LogP contribution in [-0.4, -0.2) is 16.0 Å². The molecule has 1 heterocycles.